The molecular formula is C33H34O9. The van der Waals surface area contributed by atoms with E-state index in [1.807, 2.05) is 0 Å². The number of ether oxygens (including phenoxy) is 4. The minimum atomic E-state index is -0.935. The number of benzene rings is 4. The fourth-order valence-corrected chi connectivity index (χ4v) is 5.10. The molecule has 4 aromatic rings. The van der Waals surface area contributed by atoms with Gasteiger partial charge in [0, 0.05) is 35.4 Å². The summed E-state index contributed by atoms with van der Waals surface area (Å²) in [6.07, 6.45) is 0.249. The van der Waals surface area contributed by atoms with Gasteiger partial charge in [0.1, 0.15) is 51.8 Å². The molecule has 9 nitrogen and oxygen atoms in total. The number of carbonyl (C=O) groups excluding carboxylic acids is 1. The van der Waals surface area contributed by atoms with Crippen LogP contribution in [0.5, 0.6) is 46.0 Å². The molecule has 220 valence electrons. The highest BCUT2D eigenvalue weighted by atomic mass is 16.5. The van der Waals surface area contributed by atoms with Gasteiger partial charge >= 0.3 is 0 Å². The predicted octanol–water partition coefficient (Wildman–Crippen LogP) is 5.47. The van der Waals surface area contributed by atoms with Gasteiger partial charge in [-0.3, -0.25) is 4.79 Å². The smallest absolute Gasteiger partial charge is 0.148 e. The van der Waals surface area contributed by atoms with Crippen molar-refractivity contribution in [2.75, 3.05) is 28.4 Å². The van der Waals surface area contributed by atoms with Gasteiger partial charge in [-0.2, -0.15) is 0 Å². The van der Waals surface area contributed by atoms with Gasteiger partial charge in [-0.25, -0.2) is 0 Å². The summed E-state index contributed by atoms with van der Waals surface area (Å²) in [5.74, 6) is -0.877. The van der Waals surface area contributed by atoms with E-state index in [9.17, 15) is 25.2 Å². The number of Topliss-reactive ketones (excluding diaryl/α,β-unsaturated/α-hetero) is 1. The summed E-state index contributed by atoms with van der Waals surface area (Å²) in [6.45, 7) is 0. The number of phenols is 4. The molecule has 0 saturated carbocycles. The molecule has 0 spiro atoms. The quantitative estimate of drug-likeness (QED) is 0.174. The van der Waals surface area contributed by atoms with Crippen LogP contribution in [-0.2, 0) is 17.6 Å². The molecule has 4 N–H and O–H groups in total. The maximum Gasteiger partial charge on any atom is 0.148 e. The van der Waals surface area contributed by atoms with E-state index in [0.717, 1.165) is 0 Å². The van der Waals surface area contributed by atoms with E-state index in [0.29, 0.717) is 45.3 Å². The summed E-state index contributed by atoms with van der Waals surface area (Å²) in [4.78, 5) is 14.7. The van der Waals surface area contributed by atoms with Gasteiger partial charge in [-0.05, 0) is 48.2 Å². The van der Waals surface area contributed by atoms with Gasteiger partial charge in [-0.15, -0.1) is 0 Å². The lowest BCUT2D eigenvalue weighted by Crippen LogP contribution is -2.25. The van der Waals surface area contributed by atoms with E-state index in [1.165, 1.54) is 64.8 Å². The number of carbonyl (C=O) groups is 1. The Hall–Kier alpha value is -5.05. The van der Waals surface area contributed by atoms with Gasteiger partial charge in [0.2, 0.25) is 0 Å². The van der Waals surface area contributed by atoms with Crippen molar-refractivity contribution in [2.24, 2.45) is 0 Å². The van der Waals surface area contributed by atoms with Crippen LogP contribution in [0, 0.1) is 0 Å². The molecule has 0 aromatic heterocycles. The Kier molecular flexibility index (Phi) is 9.32. The molecule has 0 amide bonds. The Morgan fingerprint density at radius 3 is 1.31 bits per heavy atom. The Bertz CT molecular complexity index is 1450. The number of rotatable bonds is 12. The first-order chi connectivity index (χ1) is 20.2. The lowest BCUT2D eigenvalue weighted by atomic mass is 9.77. The fourth-order valence-electron chi connectivity index (χ4n) is 5.10. The van der Waals surface area contributed by atoms with Crippen LogP contribution in [0.15, 0.2) is 72.8 Å². The largest absolute Gasteiger partial charge is 0.508 e. The Morgan fingerprint density at radius 2 is 0.976 bits per heavy atom. The zero-order valence-corrected chi connectivity index (χ0v) is 23.8. The highest BCUT2D eigenvalue weighted by Gasteiger charge is 2.34. The van der Waals surface area contributed by atoms with Gasteiger partial charge in [-0.1, -0.05) is 24.3 Å². The average Bonchev–Trinajstić information content (AvgIpc) is 2.99. The van der Waals surface area contributed by atoms with Gasteiger partial charge in [0.05, 0.1) is 40.3 Å². The molecule has 42 heavy (non-hydrogen) atoms. The highest BCUT2D eigenvalue weighted by molar-refractivity contribution is 5.93. The average molecular weight is 575 g/mol. The van der Waals surface area contributed by atoms with Crippen molar-refractivity contribution < 1.29 is 44.2 Å². The third kappa shape index (κ3) is 6.46. The second-order valence-corrected chi connectivity index (χ2v) is 9.76. The van der Waals surface area contributed by atoms with E-state index in [4.69, 9.17) is 18.9 Å². The molecule has 0 aliphatic rings. The maximum atomic E-state index is 14.7. The second kappa shape index (κ2) is 13.1. The number of ketones is 1. The summed E-state index contributed by atoms with van der Waals surface area (Å²) in [7, 11) is 6.11. The van der Waals surface area contributed by atoms with Crippen molar-refractivity contribution in [1.82, 2.24) is 0 Å². The summed E-state index contributed by atoms with van der Waals surface area (Å²) >= 11 is 0. The van der Waals surface area contributed by atoms with Crippen LogP contribution in [0.2, 0.25) is 0 Å². The Labute approximate surface area is 244 Å². The summed E-state index contributed by atoms with van der Waals surface area (Å²) < 4.78 is 21.8. The SMILES string of the molecule is COc1ccc(CC(C(=O)C(Cc2ccc(OC)cc2OC)c2ccc(O)cc2O)c2ccc(O)cc2O)c(OC)c1. The minimum absolute atomic E-state index is 0.124. The molecule has 0 aliphatic carbocycles. The van der Waals surface area contributed by atoms with Crippen LogP contribution in [0.25, 0.3) is 0 Å². The van der Waals surface area contributed by atoms with Gasteiger partial charge < -0.3 is 39.4 Å². The lowest BCUT2D eigenvalue weighted by Gasteiger charge is -2.26. The number of methoxy groups -OCH3 is 4. The molecule has 9 heteroatoms. The number of hydrogen-bond donors (Lipinski definition) is 4. The molecule has 0 fully saturated rings. The minimum Gasteiger partial charge on any atom is -0.508 e. The zero-order valence-electron chi connectivity index (χ0n) is 23.8. The number of phenolic OH excluding ortho intramolecular Hbond substituents is 4. The normalized spacial score (nSPS) is 12.3. The molecule has 4 aromatic carbocycles. The standard InChI is InChI=1S/C33H34O9/c1-39-23-9-5-19(31(17-23)41-3)13-27(25-11-7-21(34)15-29(25)36)33(38)28(26-12-8-22(35)16-30(26)37)14-20-6-10-24(40-2)18-32(20)42-4/h5-12,15-18,27-28,34-37H,13-14H2,1-4H3. The second-order valence-electron chi connectivity index (χ2n) is 9.76. The molecule has 0 heterocycles. The first-order valence-corrected chi connectivity index (χ1v) is 13.2. The van der Waals surface area contributed by atoms with Crippen LogP contribution in [-0.4, -0.2) is 54.6 Å². The molecule has 0 radical (unpaired) electrons. The fraction of sp³-hybridized carbons (Fsp3) is 0.242. The Morgan fingerprint density at radius 1 is 0.571 bits per heavy atom. The Balaban J connectivity index is 1.87. The summed E-state index contributed by atoms with van der Waals surface area (Å²) in [6, 6.07) is 18.7. The van der Waals surface area contributed by atoms with Crippen molar-refractivity contribution in [3.8, 4) is 46.0 Å². The van der Waals surface area contributed by atoms with Crippen LogP contribution in [0.1, 0.15) is 34.1 Å². The van der Waals surface area contributed by atoms with Crippen molar-refractivity contribution in [3.63, 3.8) is 0 Å². The topological polar surface area (TPSA) is 135 Å². The van der Waals surface area contributed by atoms with Crippen LogP contribution >= 0.6 is 0 Å². The third-order valence-electron chi connectivity index (χ3n) is 7.30. The van der Waals surface area contributed by atoms with E-state index in [-0.39, 0.29) is 41.6 Å². The highest BCUT2D eigenvalue weighted by Crippen LogP contribution is 2.42. The van der Waals surface area contributed by atoms with Crippen molar-refractivity contribution >= 4 is 5.78 Å². The molecule has 0 saturated heterocycles. The van der Waals surface area contributed by atoms with Crippen molar-refractivity contribution in [2.45, 2.75) is 24.7 Å². The number of aromatic hydroxyl groups is 4. The molecule has 2 unspecified atom stereocenters. The van der Waals surface area contributed by atoms with E-state index in [2.05, 4.69) is 0 Å². The van der Waals surface area contributed by atoms with Crippen molar-refractivity contribution in [3.05, 3.63) is 95.1 Å². The number of hydrogen-bond acceptors (Lipinski definition) is 9. The van der Waals surface area contributed by atoms with E-state index >= 15 is 0 Å². The van der Waals surface area contributed by atoms with E-state index in [1.54, 1.807) is 36.4 Å². The van der Waals surface area contributed by atoms with Crippen LogP contribution in [0.3, 0.4) is 0 Å². The molecule has 4 rings (SSSR count). The predicted molar refractivity (Wildman–Crippen MR) is 157 cm³/mol. The zero-order chi connectivity index (χ0) is 30.4. The van der Waals surface area contributed by atoms with E-state index < -0.39 is 11.8 Å². The molecule has 2 atom stereocenters. The molecule has 0 bridgehead atoms. The maximum absolute atomic E-state index is 14.7. The van der Waals surface area contributed by atoms with Gasteiger partial charge in [0.25, 0.3) is 0 Å². The lowest BCUT2D eigenvalue weighted by molar-refractivity contribution is -0.122. The summed E-state index contributed by atoms with van der Waals surface area (Å²) in [5, 5.41) is 41.7. The monoisotopic (exact) mass is 574 g/mol. The summed E-state index contributed by atoms with van der Waals surface area (Å²) in [5.41, 5.74) is 1.95. The first-order valence-electron chi connectivity index (χ1n) is 13.2. The molecule has 0 aliphatic heterocycles. The first kappa shape index (κ1) is 29.9. The van der Waals surface area contributed by atoms with Gasteiger partial charge in [0.15, 0.2) is 0 Å². The van der Waals surface area contributed by atoms with Crippen LogP contribution < -0.4 is 18.9 Å². The van der Waals surface area contributed by atoms with Crippen molar-refractivity contribution in [1.29, 1.82) is 0 Å². The van der Waals surface area contributed by atoms with Crippen LogP contribution in [0.4, 0.5) is 0 Å². The third-order valence-corrected chi connectivity index (χ3v) is 7.30. The molecular weight excluding hydrogens is 540 g/mol.